The van der Waals surface area contributed by atoms with Crippen LogP contribution in [0.25, 0.3) is 10.9 Å². The average molecular weight is 325 g/mol. The third-order valence-electron chi connectivity index (χ3n) is 3.22. The van der Waals surface area contributed by atoms with Crippen LogP contribution in [0.15, 0.2) is 59.7 Å². The maximum absolute atomic E-state index is 10.7. The van der Waals surface area contributed by atoms with E-state index >= 15 is 0 Å². The average Bonchev–Trinajstić information content (AvgIpc) is 2.56. The molecule has 0 aliphatic heterocycles. The van der Waals surface area contributed by atoms with Crippen LogP contribution in [0.2, 0.25) is 5.15 Å². The molecule has 23 heavy (non-hydrogen) atoms. The Bertz CT molecular complexity index is 892. The molecule has 0 fully saturated rings. The molecule has 0 bridgehead atoms. The number of benzene rings is 2. The molecule has 3 aromatic rings. The summed E-state index contributed by atoms with van der Waals surface area (Å²) >= 11 is 6.14. The number of fused-ring (bicyclic) bond motifs is 1. The van der Waals surface area contributed by atoms with Crippen molar-refractivity contribution in [2.75, 3.05) is 5.43 Å². The van der Waals surface area contributed by atoms with Crippen molar-refractivity contribution < 1.29 is 9.90 Å². The van der Waals surface area contributed by atoms with Crippen LogP contribution in [0.4, 0.5) is 5.69 Å². The monoisotopic (exact) mass is 324 g/mol. The Morgan fingerprint density at radius 2 is 1.91 bits per heavy atom. The predicted octanol–water partition coefficient (Wildman–Crippen LogP) is 2.70. The summed E-state index contributed by atoms with van der Waals surface area (Å²) in [5, 5.41) is 16.1. The van der Waals surface area contributed by atoms with Gasteiger partial charge in [-0.15, -0.1) is 0 Å². The number of carboxylic acid groups (broad SMARTS) is 1. The number of aromatic carboxylic acids is 1. The number of hydrazone groups is 1. The standard InChI is InChI=1S/C17H12ClN3O2/c18-16-13(9-12-3-1-2-4-15(12)20-16)10-19-21-14-7-5-11(6-8-14)17(22)23/h1-10,21H,(H,22,23)/p-1/b19-10-. The van der Waals surface area contributed by atoms with E-state index in [9.17, 15) is 9.90 Å². The van der Waals surface area contributed by atoms with Gasteiger partial charge in [-0.05, 0) is 29.8 Å². The minimum Gasteiger partial charge on any atom is -0.545 e. The third kappa shape index (κ3) is 3.46. The van der Waals surface area contributed by atoms with Gasteiger partial charge in [0.05, 0.1) is 23.4 Å². The number of nitrogens with one attached hydrogen (secondary N) is 1. The first kappa shape index (κ1) is 15.0. The lowest BCUT2D eigenvalue weighted by Gasteiger charge is -2.04. The summed E-state index contributed by atoms with van der Waals surface area (Å²) < 4.78 is 0. The van der Waals surface area contributed by atoms with Crippen molar-refractivity contribution in [2.45, 2.75) is 0 Å². The Kier molecular flexibility index (Phi) is 4.21. The van der Waals surface area contributed by atoms with E-state index in [4.69, 9.17) is 11.6 Å². The highest BCUT2D eigenvalue weighted by Gasteiger charge is 2.02. The van der Waals surface area contributed by atoms with E-state index in [1.54, 1.807) is 18.3 Å². The molecular formula is C17H11ClN3O2-. The zero-order chi connectivity index (χ0) is 16.2. The van der Waals surface area contributed by atoms with Gasteiger partial charge in [-0.2, -0.15) is 5.10 Å². The molecule has 5 nitrogen and oxygen atoms in total. The second-order valence-corrected chi connectivity index (χ2v) is 5.15. The molecule has 0 saturated heterocycles. The lowest BCUT2D eigenvalue weighted by atomic mass is 10.2. The van der Waals surface area contributed by atoms with E-state index in [1.165, 1.54) is 12.1 Å². The lowest BCUT2D eigenvalue weighted by Crippen LogP contribution is -2.21. The topological polar surface area (TPSA) is 77.4 Å². The highest BCUT2D eigenvalue weighted by molar-refractivity contribution is 6.32. The van der Waals surface area contributed by atoms with Gasteiger partial charge in [-0.25, -0.2) is 4.98 Å². The first-order valence-electron chi connectivity index (χ1n) is 6.79. The molecule has 1 aromatic heterocycles. The number of carboxylic acids is 1. The van der Waals surface area contributed by atoms with Crippen molar-refractivity contribution in [1.29, 1.82) is 0 Å². The molecule has 0 aliphatic rings. The number of aromatic nitrogens is 1. The number of carbonyl (C=O) groups is 1. The quantitative estimate of drug-likeness (QED) is 0.455. The van der Waals surface area contributed by atoms with Crippen molar-refractivity contribution in [3.05, 3.63) is 70.9 Å². The fraction of sp³-hybridized carbons (Fsp3) is 0. The SMILES string of the molecule is O=C([O-])c1ccc(N/N=C\c2cc3ccccc3nc2Cl)cc1. The lowest BCUT2D eigenvalue weighted by molar-refractivity contribution is -0.255. The molecule has 1 heterocycles. The van der Waals surface area contributed by atoms with E-state index in [-0.39, 0.29) is 5.56 Å². The molecule has 114 valence electrons. The Labute approximate surface area is 137 Å². The second kappa shape index (κ2) is 6.46. The Morgan fingerprint density at radius 1 is 1.17 bits per heavy atom. The molecular weight excluding hydrogens is 314 g/mol. The van der Waals surface area contributed by atoms with Gasteiger partial charge in [-0.3, -0.25) is 5.43 Å². The van der Waals surface area contributed by atoms with Gasteiger partial charge in [0, 0.05) is 10.9 Å². The molecule has 0 atom stereocenters. The van der Waals surface area contributed by atoms with Crippen molar-refractivity contribution in [2.24, 2.45) is 5.10 Å². The highest BCUT2D eigenvalue weighted by atomic mass is 35.5. The van der Waals surface area contributed by atoms with E-state index in [1.807, 2.05) is 30.3 Å². The molecule has 0 saturated carbocycles. The first-order valence-corrected chi connectivity index (χ1v) is 7.17. The summed E-state index contributed by atoms with van der Waals surface area (Å²) in [6, 6.07) is 15.6. The number of hydrogen-bond acceptors (Lipinski definition) is 5. The van der Waals surface area contributed by atoms with Crippen molar-refractivity contribution in [3.8, 4) is 0 Å². The van der Waals surface area contributed by atoms with Gasteiger partial charge in [0.2, 0.25) is 0 Å². The number of anilines is 1. The molecule has 0 spiro atoms. The maximum Gasteiger partial charge on any atom is 0.138 e. The van der Waals surface area contributed by atoms with Crippen LogP contribution in [-0.2, 0) is 0 Å². The molecule has 0 unspecified atom stereocenters. The summed E-state index contributed by atoms with van der Waals surface area (Å²) in [6.45, 7) is 0. The van der Waals surface area contributed by atoms with Crippen LogP contribution in [0.5, 0.6) is 0 Å². The van der Waals surface area contributed by atoms with Gasteiger partial charge in [0.1, 0.15) is 5.15 Å². The van der Waals surface area contributed by atoms with Crippen LogP contribution >= 0.6 is 11.6 Å². The number of hydrogen-bond donors (Lipinski definition) is 1. The smallest absolute Gasteiger partial charge is 0.138 e. The van der Waals surface area contributed by atoms with Gasteiger partial charge in [0.25, 0.3) is 0 Å². The third-order valence-corrected chi connectivity index (χ3v) is 3.53. The van der Waals surface area contributed by atoms with Crippen LogP contribution < -0.4 is 10.5 Å². The first-order chi connectivity index (χ1) is 11.1. The van der Waals surface area contributed by atoms with Gasteiger partial charge >= 0.3 is 0 Å². The highest BCUT2D eigenvalue weighted by Crippen LogP contribution is 2.19. The maximum atomic E-state index is 10.7. The summed E-state index contributed by atoms with van der Waals surface area (Å²) in [7, 11) is 0. The normalized spacial score (nSPS) is 11.0. The largest absolute Gasteiger partial charge is 0.545 e. The molecule has 6 heteroatoms. The van der Waals surface area contributed by atoms with Crippen LogP contribution in [0.1, 0.15) is 15.9 Å². The van der Waals surface area contributed by atoms with E-state index in [0.717, 1.165) is 10.9 Å². The minimum atomic E-state index is -1.21. The molecule has 0 amide bonds. The van der Waals surface area contributed by atoms with Crippen LogP contribution in [0.3, 0.4) is 0 Å². The summed E-state index contributed by atoms with van der Waals surface area (Å²) in [5.41, 5.74) is 5.07. The summed E-state index contributed by atoms with van der Waals surface area (Å²) in [4.78, 5) is 15.0. The number of halogens is 1. The fourth-order valence-corrected chi connectivity index (χ4v) is 2.25. The Morgan fingerprint density at radius 3 is 2.65 bits per heavy atom. The number of para-hydroxylation sites is 1. The second-order valence-electron chi connectivity index (χ2n) is 4.80. The predicted molar refractivity (Wildman–Crippen MR) is 88.7 cm³/mol. The molecule has 0 aliphatic carbocycles. The van der Waals surface area contributed by atoms with Crippen LogP contribution in [0, 0.1) is 0 Å². The molecule has 1 N–H and O–H groups in total. The van der Waals surface area contributed by atoms with Gasteiger partial charge in [0.15, 0.2) is 0 Å². The minimum absolute atomic E-state index is 0.112. The Balaban J connectivity index is 1.77. The molecule has 2 aromatic carbocycles. The zero-order valence-corrected chi connectivity index (χ0v) is 12.6. The summed E-state index contributed by atoms with van der Waals surface area (Å²) in [6.07, 6.45) is 1.56. The number of rotatable bonds is 4. The number of pyridine rings is 1. The fourth-order valence-electron chi connectivity index (χ4n) is 2.06. The zero-order valence-electron chi connectivity index (χ0n) is 11.9. The van der Waals surface area contributed by atoms with Crippen molar-refractivity contribution >= 4 is 40.4 Å². The van der Waals surface area contributed by atoms with Crippen LogP contribution in [-0.4, -0.2) is 17.2 Å². The van der Waals surface area contributed by atoms with Crippen molar-refractivity contribution in [1.82, 2.24) is 4.98 Å². The van der Waals surface area contributed by atoms with Gasteiger partial charge in [-0.1, -0.05) is 41.9 Å². The number of carbonyl (C=O) groups excluding carboxylic acids is 1. The molecule has 0 radical (unpaired) electrons. The van der Waals surface area contributed by atoms with Gasteiger partial charge < -0.3 is 9.90 Å². The van der Waals surface area contributed by atoms with E-state index < -0.39 is 5.97 Å². The number of nitrogens with zero attached hydrogens (tertiary/aromatic N) is 2. The summed E-state index contributed by atoms with van der Waals surface area (Å²) in [5.74, 6) is -1.21. The Hall–Kier alpha value is -2.92. The molecule has 3 rings (SSSR count). The van der Waals surface area contributed by atoms with E-state index in [0.29, 0.717) is 16.4 Å². The van der Waals surface area contributed by atoms with Crippen molar-refractivity contribution in [3.63, 3.8) is 0 Å². The van der Waals surface area contributed by atoms with E-state index in [2.05, 4.69) is 15.5 Å².